The molecule has 1 aromatic carbocycles. The van der Waals surface area contributed by atoms with E-state index in [2.05, 4.69) is 11.4 Å². The minimum Gasteiger partial charge on any atom is -0.482 e. The number of carbonyl (C=O) groups is 1. The van der Waals surface area contributed by atoms with Gasteiger partial charge in [-0.05, 0) is 45.9 Å². The summed E-state index contributed by atoms with van der Waals surface area (Å²) >= 11 is 0. The molecule has 0 bridgehead atoms. The second-order valence-electron chi connectivity index (χ2n) is 7.06. The molecule has 25 heavy (non-hydrogen) atoms. The standard InChI is InChI=1S/C19H21N3O3/c1-12-17(25-15-8-6-5-7-14(15)24-12)18(23)21-16-9-13(10-20)11-22(16)19(2,3)4/h5-9,11-12,17H,1-4H3,(H,21,23)/t12-,17+/m0/s1. The molecule has 1 aliphatic heterocycles. The van der Waals surface area contributed by atoms with Crippen molar-refractivity contribution in [3.05, 3.63) is 42.1 Å². The fraction of sp³-hybridized carbons (Fsp3) is 0.368. The fourth-order valence-electron chi connectivity index (χ4n) is 2.78. The maximum Gasteiger partial charge on any atom is 0.270 e. The molecule has 1 aromatic heterocycles. The number of nitrogens with zero attached hydrogens (tertiary/aromatic N) is 2. The van der Waals surface area contributed by atoms with Crippen molar-refractivity contribution in [1.29, 1.82) is 5.26 Å². The van der Waals surface area contributed by atoms with Crippen LogP contribution in [0.4, 0.5) is 5.82 Å². The third kappa shape index (κ3) is 3.31. The van der Waals surface area contributed by atoms with Crippen LogP contribution in [0.25, 0.3) is 0 Å². The van der Waals surface area contributed by atoms with E-state index in [9.17, 15) is 4.79 Å². The Labute approximate surface area is 147 Å². The summed E-state index contributed by atoms with van der Waals surface area (Å²) in [5, 5.41) is 12.0. The van der Waals surface area contributed by atoms with E-state index in [1.807, 2.05) is 43.5 Å². The fourth-order valence-corrected chi connectivity index (χ4v) is 2.78. The third-order valence-corrected chi connectivity index (χ3v) is 4.02. The Morgan fingerprint density at radius 1 is 1.24 bits per heavy atom. The zero-order valence-corrected chi connectivity index (χ0v) is 14.7. The smallest absolute Gasteiger partial charge is 0.270 e. The summed E-state index contributed by atoms with van der Waals surface area (Å²) in [6, 6.07) is 11.0. The van der Waals surface area contributed by atoms with Gasteiger partial charge in [0.15, 0.2) is 11.5 Å². The van der Waals surface area contributed by atoms with E-state index in [-0.39, 0.29) is 11.4 Å². The molecule has 6 heteroatoms. The van der Waals surface area contributed by atoms with Crippen LogP contribution in [-0.4, -0.2) is 22.7 Å². The number of nitriles is 1. The van der Waals surface area contributed by atoms with Crippen molar-refractivity contribution in [2.75, 3.05) is 5.32 Å². The Morgan fingerprint density at radius 2 is 1.88 bits per heavy atom. The Morgan fingerprint density at radius 3 is 2.48 bits per heavy atom. The van der Waals surface area contributed by atoms with Crippen molar-refractivity contribution in [2.45, 2.75) is 45.4 Å². The first kappa shape index (κ1) is 16.9. The second-order valence-corrected chi connectivity index (χ2v) is 7.06. The van der Waals surface area contributed by atoms with Crippen LogP contribution in [0.15, 0.2) is 36.5 Å². The van der Waals surface area contributed by atoms with Gasteiger partial charge in [0.1, 0.15) is 18.0 Å². The van der Waals surface area contributed by atoms with Crippen molar-refractivity contribution in [3.8, 4) is 17.6 Å². The number of amides is 1. The van der Waals surface area contributed by atoms with Crippen LogP contribution in [0.3, 0.4) is 0 Å². The molecule has 3 rings (SSSR count). The number of benzene rings is 1. The molecular weight excluding hydrogens is 318 g/mol. The van der Waals surface area contributed by atoms with Crippen LogP contribution in [0.2, 0.25) is 0 Å². The van der Waals surface area contributed by atoms with E-state index in [0.29, 0.717) is 22.9 Å². The molecule has 0 unspecified atom stereocenters. The van der Waals surface area contributed by atoms with Gasteiger partial charge in [0.25, 0.3) is 5.91 Å². The predicted molar refractivity (Wildman–Crippen MR) is 93.7 cm³/mol. The average Bonchev–Trinajstić information content (AvgIpc) is 2.97. The monoisotopic (exact) mass is 339 g/mol. The normalized spacial score (nSPS) is 19.2. The summed E-state index contributed by atoms with van der Waals surface area (Å²) in [5.74, 6) is 1.42. The van der Waals surface area contributed by atoms with E-state index in [4.69, 9.17) is 14.7 Å². The highest BCUT2D eigenvalue weighted by molar-refractivity contribution is 5.94. The van der Waals surface area contributed by atoms with Gasteiger partial charge in [0, 0.05) is 11.7 Å². The van der Waals surface area contributed by atoms with Gasteiger partial charge in [0.05, 0.1) is 5.56 Å². The summed E-state index contributed by atoms with van der Waals surface area (Å²) in [4.78, 5) is 12.8. The molecule has 130 valence electrons. The SMILES string of the molecule is C[C@@H]1Oc2ccccc2O[C@H]1C(=O)Nc1cc(C#N)cn1C(C)(C)C. The summed E-state index contributed by atoms with van der Waals surface area (Å²) in [5.41, 5.74) is 0.212. The number of fused-ring (bicyclic) bond motifs is 1. The minimum atomic E-state index is -0.774. The predicted octanol–water partition coefficient (Wildman–Crippen LogP) is 3.28. The zero-order chi connectivity index (χ0) is 18.2. The number of ether oxygens (including phenoxy) is 2. The van der Waals surface area contributed by atoms with Crippen LogP contribution in [0, 0.1) is 11.3 Å². The lowest BCUT2D eigenvalue weighted by molar-refractivity contribution is -0.128. The molecule has 0 fully saturated rings. The zero-order valence-electron chi connectivity index (χ0n) is 14.7. The highest BCUT2D eigenvalue weighted by atomic mass is 16.6. The number of rotatable bonds is 2. The first-order valence-corrected chi connectivity index (χ1v) is 8.16. The molecule has 1 N–H and O–H groups in total. The average molecular weight is 339 g/mol. The maximum absolute atomic E-state index is 12.8. The lowest BCUT2D eigenvalue weighted by Gasteiger charge is -2.31. The highest BCUT2D eigenvalue weighted by Gasteiger charge is 2.34. The van der Waals surface area contributed by atoms with Gasteiger partial charge in [-0.3, -0.25) is 4.79 Å². The number of hydrogen-bond donors (Lipinski definition) is 1. The van der Waals surface area contributed by atoms with Crippen molar-refractivity contribution >= 4 is 11.7 Å². The number of carbonyl (C=O) groups excluding carboxylic acids is 1. The highest BCUT2D eigenvalue weighted by Crippen LogP contribution is 2.34. The Kier molecular flexibility index (Phi) is 4.17. The lowest BCUT2D eigenvalue weighted by atomic mass is 10.1. The molecule has 1 aliphatic rings. The molecule has 2 atom stereocenters. The van der Waals surface area contributed by atoms with Crippen molar-refractivity contribution < 1.29 is 14.3 Å². The summed E-state index contributed by atoms with van der Waals surface area (Å²) < 4.78 is 13.5. The molecule has 0 saturated heterocycles. The molecule has 1 amide bonds. The summed E-state index contributed by atoms with van der Waals surface area (Å²) in [7, 11) is 0. The largest absolute Gasteiger partial charge is 0.482 e. The van der Waals surface area contributed by atoms with Gasteiger partial charge in [-0.2, -0.15) is 5.26 Å². The first-order chi connectivity index (χ1) is 11.8. The van der Waals surface area contributed by atoms with E-state index in [1.54, 1.807) is 25.3 Å². The number of nitrogens with one attached hydrogen (secondary N) is 1. The van der Waals surface area contributed by atoms with Crippen LogP contribution in [0.5, 0.6) is 11.5 Å². The Bertz CT molecular complexity index is 842. The number of hydrogen-bond acceptors (Lipinski definition) is 4. The maximum atomic E-state index is 12.8. The van der Waals surface area contributed by atoms with Crippen molar-refractivity contribution in [2.24, 2.45) is 0 Å². The van der Waals surface area contributed by atoms with Gasteiger partial charge in [0.2, 0.25) is 6.10 Å². The van der Waals surface area contributed by atoms with E-state index >= 15 is 0 Å². The van der Waals surface area contributed by atoms with Gasteiger partial charge in [-0.25, -0.2) is 0 Å². The Hall–Kier alpha value is -2.94. The second kappa shape index (κ2) is 6.17. The summed E-state index contributed by atoms with van der Waals surface area (Å²) in [6.45, 7) is 7.80. The van der Waals surface area contributed by atoms with Crippen molar-refractivity contribution in [1.82, 2.24) is 4.57 Å². The summed E-state index contributed by atoms with van der Waals surface area (Å²) in [6.07, 6.45) is 0.527. The third-order valence-electron chi connectivity index (χ3n) is 4.02. The van der Waals surface area contributed by atoms with E-state index < -0.39 is 12.2 Å². The lowest BCUT2D eigenvalue weighted by Crippen LogP contribution is -2.46. The quantitative estimate of drug-likeness (QED) is 0.911. The van der Waals surface area contributed by atoms with Gasteiger partial charge >= 0.3 is 0 Å². The first-order valence-electron chi connectivity index (χ1n) is 8.16. The van der Waals surface area contributed by atoms with Gasteiger partial charge < -0.3 is 19.4 Å². The van der Waals surface area contributed by atoms with E-state index in [1.165, 1.54) is 0 Å². The number of aromatic nitrogens is 1. The molecule has 2 aromatic rings. The van der Waals surface area contributed by atoms with E-state index in [0.717, 1.165) is 0 Å². The van der Waals surface area contributed by atoms with Gasteiger partial charge in [-0.15, -0.1) is 0 Å². The van der Waals surface area contributed by atoms with Crippen LogP contribution < -0.4 is 14.8 Å². The van der Waals surface area contributed by atoms with Crippen LogP contribution in [0.1, 0.15) is 33.3 Å². The molecule has 0 radical (unpaired) electrons. The number of para-hydroxylation sites is 2. The Balaban J connectivity index is 1.84. The topological polar surface area (TPSA) is 76.3 Å². The number of anilines is 1. The molecule has 0 aliphatic carbocycles. The van der Waals surface area contributed by atoms with Crippen molar-refractivity contribution in [3.63, 3.8) is 0 Å². The molecule has 2 heterocycles. The van der Waals surface area contributed by atoms with Crippen LogP contribution in [-0.2, 0) is 10.3 Å². The van der Waals surface area contributed by atoms with Gasteiger partial charge in [-0.1, -0.05) is 12.1 Å². The molecule has 0 spiro atoms. The molecule has 6 nitrogen and oxygen atoms in total. The molecule has 0 saturated carbocycles. The minimum absolute atomic E-state index is 0.278. The van der Waals surface area contributed by atoms with Crippen LogP contribution >= 0.6 is 0 Å². The molecular formula is C19H21N3O3.